The zero-order chi connectivity index (χ0) is 16.2. The Morgan fingerprint density at radius 2 is 1.91 bits per heavy atom. The standard InChI is InChI=1S/C17H15N3O2S/c1-23-17-18-10-11-20(17)13-8-6-12(7-9-13)16(22)19-14-4-2-3-5-15(14)21/h2-11,21H,1H3,(H,19,22). The fraction of sp³-hybridized carbons (Fsp3) is 0.0588. The molecule has 0 saturated carbocycles. The Bertz CT molecular complexity index is 828. The van der Waals surface area contributed by atoms with Crippen LogP contribution in [0.15, 0.2) is 66.1 Å². The van der Waals surface area contributed by atoms with Crippen LogP contribution in [0.5, 0.6) is 5.75 Å². The quantitative estimate of drug-likeness (QED) is 0.568. The second-order valence-electron chi connectivity index (χ2n) is 4.80. The molecule has 0 saturated heterocycles. The number of amides is 1. The van der Waals surface area contributed by atoms with Gasteiger partial charge in [-0.25, -0.2) is 4.98 Å². The van der Waals surface area contributed by atoms with E-state index in [-0.39, 0.29) is 11.7 Å². The third-order valence-electron chi connectivity index (χ3n) is 3.35. The van der Waals surface area contributed by atoms with Crippen molar-refractivity contribution in [3.8, 4) is 11.4 Å². The number of anilines is 1. The zero-order valence-electron chi connectivity index (χ0n) is 12.4. The summed E-state index contributed by atoms with van der Waals surface area (Å²) in [5, 5.41) is 13.3. The lowest BCUT2D eigenvalue weighted by atomic mass is 10.2. The van der Waals surface area contributed by atoms with E-state index in [2.05, 4.69) is 10.3 Å². The zero-order valence-corrected chi connectivity index (χ0v) is 13.2. The SMILES string of the molecule is CSc1nccn1-c1ccc(C(=O)Nc2ccccc2O)cc1. The molecule has 3 aromatic rings. The Morgan fingerprint density at radius 1 is 1.17 bits per heavy atom. The molecule has 0 bridgehead atoms. The predicted molar refractivity (Wildman–Crippen MR) is 91.4 cm³/mol. The van der Waals surface area contributed by atoms with Gasteiger partial charge in [0, 0.05) is 23.6 Å². The van der Waals surface area contributed by atoms with Crippen molar-refractivity contribution in [2.75, 3.05) is 11.6 Å². The third-order valence-corrected chi connectivity index (χ3v) is 4.02. The smallest absolute Gasteiger partial charge is 0.255 e. The van der Waals surface area contributed by atoms with Crippen molar-refractivity contribution < 1.29 is 9.90 Å². The first-order valence-electron chi connectivity index (χ1n) is 6.96. The van der Waals surface area contributed by atoms with Crippen molar-refractivity contribution in [1.82, 2.24) is 9.55 Å². The number of para-hydroxylation sites is 2. The highest BCUT2D eigenvalue weighted by molar-refractivity contribution is 7.98. The van der Waals surface area contributed by atoms with Crippen LogP contribution in [0.25, 0.3) is 5.69 Å². The van der Waals surface area contributed by atoms with Crippen LogP contribution < -0.4 is 5.32 Å². The highest BCUT2D eigenvalue weighted by Gasteiger charge is 2.09. The Kier molecular flexibility index (Phi) is 4.34. The molecular weight excluding hydrogens is 310 g/mol. The van der Waals surface area contributed by atoms with Gasteiger partial charge >= 0.3 is 0 Å². The van der Waals surface area contributed by atoms with Crippen LogP contribution in [-0.4, -0.2) is 26.8 Å². The summed E-state index contributed by atoms with van der Waals surface area (Å²) in [6.45, 7) is 0. The number of benzene rings is 2. The number of carbonyl (C=O) groups excluding carboxylic acids is 1. The summed E-state index contributed by atoms with van der Waals surface area (Å²) >= 11 is 1.56. The van der Waals surface area contributed by atoms with Gasteiger partial charge in [-0.3, -0.25) is 9.36 Å². The first kappa shape index (κ1) is 15.2. The van der Waals surface area contributed by atoms with Gasteiger partial charge in [-0.05, 0) is 42.7 Å². The lowest BCUT2D eigenvalue weighted by Gasteiger charge is -2.09. The molecule has 1 amide bonds. The molecule has 6 heteroatoms. The number of hydrogen-bond donors (Lipinski definition) is 2. The number of carbonyl (C=O) groups is 1. The minimum Gasteiger partial charge on any atom is -0.506 e. The van der Waals surface area contributed by atoms with E-state index in [0.29, 0.717) is 11.3 Å². The van der Waals surface area contributed by atoms with Crippen LogP contribution in [0, 0.1) is 0 Å². The molecule has 0 fully saturated rings. The van der Waals surface area contributed by atoms with Crippen LogP contribution in [0.1, 0.15) is 10.4 Å². The van der Waals surface area contributed by atoms with Gasteiger partial charge in [-0.2, -0.15) is 0 Å². The second kappa shape index (κ2) is 6.58. The van der Waals surface area contributed by atoms with Crippen LogP contribution in [0.3, 0.4) is 0 Å². The van der Waals surface area contributed by atoms with Crippen LogP contribution in [0.4, 0.5) is 5.69 Å². The van der Waals surface area contributed by atoms with Crippen molar-refractivity contribution in [3.05, 3.63) is 66.5 Å². The maximum Gasteiger partial charge on any atom is 0.255 e. The molecule has 2 N–H and O–H groups in total. The van der Waals surface area contributed by atoms with Gasteiger partial charge in [0.15, 0.2) is 5.16 Å². The van der Waals surface area contributed by atoms with Gasteiger partial charge in [-0.15, -0.1) is 0 Å². The van der Waals surface area contributed by atoms with Gasteiger partial charge < -0.3 is 10.4 Å². The summed E-state index contributed by atoms with van der Waals surface area (Å²) < 4.78 is 1.95. The topological polar surface area (TPSA) is 67.2 Å². The molecular formula is C17H15N3O2S. The van der Waals surface area contributed by atoms with Crippen molar-refractivity contribution in [2.45, 2.75) is 5.16 Å². The van der Waals surface area contributed by atoms with Crippen LogP contribution in [0.2, 0.25) is 0 Å². The maximum absolute atomic E-state index is 12.2. The van der Waals surface area contributed by atoms with Crippen molar-refractivity contribution >= 4 is 23.4 Å². The van der Waals surface area contributed by atoms with Gasteiger partial charge in [0.1, 0.15) is 5.75 Å². The molecule has 1 aromatic heterocycles. The van der Waals surface area contributed by atoms with E-state index in [4.69, 9.17) is 0 Å². The molecule has 0 spiro atoms. The van der Waals surface area contributed by atoms with Crippen molar-refractivity contribution in [2.24, 2.45) is 0 Å². The summed E-state index contributed by atoms with van der Waals surface area (Å²) in [7, 11) is 0. The molecule has 3 rings (SSSR count). The minimum absolute atomic E-state index is 0.0421. The molecule has 0 radical (unpaired) electrons. The highest BCUT2D eigenvalue weighted by atomic mass is 32.2. The summed E-state index contributed by atoms with van der Waals surface area (Å²) in [5.74, 6) is -0.228. The molecule has 0 aliphatic heterocycles. The Labute approximate surface area is 138 Å². The Balaban J connectivity index is 1.79. The number of phenols is 1. The first-order valence-corrected chi connectivity index (χ1v) is 8.18. The number of aromatic hydroxyl groups is 1. The summed E-state index contributed by atoms with van der Waals surface area (Å²) in [5.41, 5.74) is 1.84. The van der Waals surface area contributed by atoms with E-state index in [1.54, 1.807) is 48.3 Å². The normalized spacial score (nSPS) is 10.5. The average Bonchev–Trinajstić information content (AvgIpc) is 3.05. The van der Waals surface area contributed by atoms with E-state index in [9.17, 15) is 9.90 Å². The fourth-order valence-corrected chi connectivity index (χ4v) is 2.71. The average molecular weight is 325 g/mol. The lowest BCUT2D eigenvalue weighted by Crippen LogP contribution is -2.12. The minimum atomic E-state index is -0.270. The van der Waals surface area contributed by atoms with Crippen LogP contribution in [-0.2, 0) is 0 Å². The molecule has 1 heterocycles. The molecule has 0 unspecified atom stereocenters. The van der Waals surface area contributed by atoms with Crippen LogP contribution >= 0.6 is 11.8 Å². The van der Waals surface area contributed by atoms with E-state index >= 15 is 0 Å². The van der Waals surface area contributed by atoms with Crippen molar-refractivity contribution in [3.63, 3.8) is 0 Å². The third kappa shape index (κ3) is 3.22. The molecule has 0 atom stereocenters. The van der Waals surface area contributed by atoms with Gasteiger partial charge in [-0.1, -0.05) is 23.9 Å². The lowest BCUT2D eigenvalue weighted by molar-refractivity contribution is 0.102. The number of aromatic nitrogens is 2. The highest BCUT2D eigenvalue weighted by Crippen LogP contribution is 2.23. The van der Waals surface area contributed by atoms with Crippen molar-refractivity contribution in [1.29, 1.82) is 0 Å². The molecule has 5 nitrogen and oxygen atoms in total. The number of nitrogens with zero attached hydrogens (tertiary/aromatic N) is 2. The van der Waals surface area contributed by atoms with E-state index in [1.165, 1.54) is 6.07 Å². The number of nitrogens with one attached hydrogen (secondary N) is 1. The Hall–Kier alpha value is -2.73. The van der Waals surface area contributed by atoms with E-state index in [0.717, 1.165) is 10.8 Å². The second-order valence-corrected chi connectivity index (χ2v) is 5.58. The summed E-state index contributed by atoms with van der Waals surface area (Å²) in [4.78, 5) is 16.5. The fourth-order valence-electron chi connectivity index (χ4n) is 2.18. The van der Waals surface area contributed by atoms with Gasteiger partial charge in [0.05, 0.1) is 5.69 Å². The number of hydrogen-bond acceptors (Lipinski definition) is 4. The number of imidazole rings is 1. The number of phenolic OH excluding ortho intramolecular Hbond substituents is 1. The molecule has 0 aliphatic carbocycles. The molecule has 116 valence electrons. The number of rotatable bonds is 4. The largest absolute Gasteiger partial charge is 0.506 e. The maximum atomic E-state index is 12.2. The van der Waals surface area contributed by atoms with Gasteiger partial charge in [0.25, 0.3) is 5.91 Å². The summed E-state index contributed by atoms with van der Waals surface area (Å²) in [6.07, 6.45) is 5.58. The predicted octanol–water partition coefficient (Wildman–Crippen LogP) is 3.55. The number of thioether (sulfide) groups is 1. The molecule has 0 aliphatic rings. The molecule has 23 heavy (non-hydrogen) atoms. The Morgan fingerprint density at radius 3 is 2.61 bits per heavy atom. The van der Waals surface area contributed by atoms with E-state index in [1.807, 2.05) is 29.2 Å². The molecule has 2 aromatic carbocycles. The van der Waals surface area contributed by atoms with E-state index < -0.39 is 0 Å². The first-order chi connectivity index (χ1) is 11.2. The monoisotopic (exact) mass is 325 g/mol. The van der Waals surface area contributed by atoms with Gasteiger partial charge in [0.2, 0.25) is 0 Å². The summed E-state index contributed by atoms with van der Waals surface area (Å²) in [6, 6.07) is 13.8.